The molecule has 2 unspecified atom stereocenters. The minimum atomic E-state index is -1.96. The van der Waals surface area contributed by atoms with Crippen molar-refractivity contribution in [3.8, 4) is 5.75 Å². The zero-order valence-corrected chi connectivity index (χ0v) is 23.1. The Morgan fingerprint density at radius 2 is 1.55 bits per heavy atom. The molecule has 5 heteroatoms. The lowest BCUT2D eigenvalue weighted by atomic mass is 9.65. The second-order valence-electron chi connectivity index (χ2n) is 12.9. The Labute approximate surface area is 192 Å². The lowest BCUT2D eigenvalue weighted by molar-refractivity contribution is -0.636. The van der Waals surface area contributed by atoms with Crippen LogP contribution in [0.25, 0.3) is 0 Å². The van der Waals surface area contributed by atoms with Crippen LogP contribution in [-0.2, 0) is 20.3 Å². The third-order valence-corrected chi connectivity index (χ3v) is 11.5. The predicted molar refractivity (Wildman–Crippen MR) is 131 cm³/mol. The summed E-state index contributed by atoms with van der Waals surface area (Å²) in [5.41, 5.74) is 0.449. The Hall–Kier alpha value is -0.883. The van der Waals surface area contributed by atoms with Crippen LogP contribution in [0.15, 0.2) is 24.3 Å². The SMILES string of the molecule is COC1(c2cccc(O[Si](C)(C)C(C)(C)C)c2)OOC1(CCCC(C)(C)C)C(C)(C)C. The molecule has 1 aliphatic rings. The van der Waals surface area contributed by atoms with Gasteiger partial charge in [0.2, 0.25) is 8.32 Å². The zero-order chi connectivity index (χ0) is 23.9. The Kier molecular flexibility index (Phi) is 7.21. The van der Waals surface area contributed by atoms with Gasteiger partial charge in [-0.25, -0.2) is 4.89 Å². The van der Waals surface area contributed by atoms with Crippen LogP contribution >= 0.6 is 0 Å². The molecule has 1 aromatic carbocycles. The third kappa shape index (κ3) is 5.05. The summed E-state index contributed by atoms with van der Waals surface area (Å²) in [5, 5.41) is 0.125. The smallest absolute Gasteiger partial charge is 0.260 e. The van der Waals surface area contributed by atoms with Gasteiger partial charge in [-0.1, -0.05) is 74.4 Å². The molecular formula is C26H46O4Si. The summed E-state index contributed by atoms with van der Waals surface area (Å²) in [6.45, 7) is 24.7. The molecule has 178 valence electrons. The van der Waals surface area contributed by atoms with Crippen LogP contribution in [0.3, 0.4) is 0 Å². The summed E-state index contributed by atoms with van der Waals surface area (Å²) < 4.78 is 12.7. The van der Waals surface area contributed by atoms with E-state index in [1.165, 1.54) is 0 Å². The number of benzene rings is 1. The molecule has 0 bridgehead atoms. The van der Waals surface area contributed by atoms with Crippen molar-refractivity contribution >= 4 is 8.32 Å². The van der Waals surface area contributed by atoms with E-state index in [-0.39, 0.29) is 15.9 Å². The van der Waals surface area contributed by atoms with E-state index in [0.29, 0.717) is 0 Å². The molecule has 1 aromatic rings. The van der Waals surface area contributed by atoms with Crippen LogP contribution in [0.4, 0.5) is 0 Å². The lowest BCUT2D eigenvalue weighted by Gasteiger charge is -2.61. The predicted octanol–water partition coefficient (Wildman–Crippen LogP) is 7.83. The van der Waals surface area contributed by atoms with E-state index in [2.05, 4.69) is 87.5 Å². The van der Waals surface area contributed by atoms with Gasteiger partial charge in [-0.15, -0.1) is 0 Å². The number of ether oxygens (including phenoxy) is 1. The van der Waals surface area contributed by atoms with E-state index < -0.39 is 19.7 Å². The van der Waals surface area contributed by atoms with E-state index in [1.54, 1.807) is 7.11 Å². The third-order valence-electron chi connectivity index (χ3n) is 7.18. The van der Waals surface area contributed by atoms with Gasteiger partial charge >= 0.3 is 0 Å². The van der Waals surface area contributed by atoms with Gasteiger partial charge in [0.1, 0.15) is 5.75 Å². The molecule has 0 N–H and O–H groups in total. The highest BCUT2D eigenvalue weighted by atomic mass is 28.4. The van der Waals surface area contributed by atoms with Crippen LogP contribution < -0.4 is 4.43 Å². The second kappa shape index (κ2) is 8.47. The Bertz CT molecular complexity index is 750. The molecule has 0 aromatic heterocycles. The fraction of sp³-hybridized carbons (Fsp3) is 0.769. The van der Waals surface area contributed by atoms with Gasteiger partial charge in [-0.05, 0) is 60.4 Å². The maximum Gasteiger partial charge on any atom is 0.260 e. The van der Waals surface area contributed by atoms with Crippen molar-refractivity contribution in [3.63, 3.8) is 0 Å². The molecule has 1 saturated heterocycles. The van der Waals surface area contributed by atoms with Crippen molar-refractivity contribution in [2.24, 2.45) is 10.8 Å². The Morgan fingerprint density at radius 3 is 1.97 bits per heavy atom. The van der Waals surface area contributed by atoms with Gasteiger partial charge in [0, 0.05) is 12.7 Å². The molecule has 4 nitrogen and oxygen atoms in total. The van der Waals surface area contributed by atoms with Crippen molar-refractivity contribution in [1.29, 1.82) is 0 Å². The van der Waals surface area contributed by atoms with Gasteiger partial charge in [0.15, 0.2) is 5.60 Å². The Balaban J connectivity index is 2.43. The van der Waals surface area contributed by atoms with Crippen LogP contribution in [0.5, 0.6) is 5.75 Å². The molecule has 0 saturated carbocycles. The maximum absolute atomic E-state index is 6.58. The molecule has 0 aliphatic carbocycles. The summed E-state index contributed by atoms with van der Waals surface area (Å²) in [7, 11) is -0.241. The first-order chi connectivity index (χ1) is 13.9. The highest BCUT2D eigenvalue weighted by Gasteiger charge is 2.71. The fourth-order valence-electron chi connectivity index (χ4n) is 4.10. The van der Waals surface area contributed by atoms with Gasteiger partial charge in [0.05, 0.1) is 0 Å². The number of hydrogen-bond donors (Lipinski definition) is 0. The van der Waals surface area contributed by atoms with Crippen LogP contribution in [0, 0.1) is 10.8 Å². The summed E-state index contributed by atoms with van der Waals surface area (Å²) >= 11 is 0. The minimum Gasteiger partial charge on any atom is -0.543 e. The number of methoxy groups -OCH3 is 1. The zero-order valence-electron chi connectivity index (χ0n) is 22.1. The monoisotopic (exact) mass is 450 g/mol. The highest BCUT2D eigenvalue weighted by molar-refractivity contribution is 6.74. The van der Waals surface area contributed by atoms with Crippen molar-refractivity contribution in [3.05, 3.63) is 29.8 Å². The van der Waals surface area contributed by atoms with Gasteiger partial charge < -0.3 is 9.16 Å². The minimum absolute atomic E-state index is 0.125. The lowest BCUT2D eigenvalue weighted by Crippen LogP contribution is -2.71. The maximum atomic E-state index is 6.58. The topological polar surface area (TPSA) is 36.9 Å². The quantitative estimate of drug-likeness (QED) is 0.313. The first kappa shape index (κ1) is 26.4. The standard InChI is InChI=1S/C26H46O4Si/c1-22(2,3)17-14-18-25(23(4,5)6)26(27-10,30-29-25)20-15-13-16-21(19-20)28-31(11,12)24(7,8)9/h13,15-16,19H,14,17-18H2,1-12H3. The molecular weight excluding hydrogens is 404 g/mol. The Morgan fingerprint density at radius 1 is 0.935 bits per heavy atom. The highest BCUT2D eigenvalue weighted by Crippen LogP contribution is 2.60. The molecule has 2 atom stereocenters. The molecule has 0 amide bonds. The van der Waals surface area contributed by atoms with Crippen molar-refractivity contribution in [2.75, 3.05) is 7.11 Å². The van der Waals surface area contributed by atoms with Gasteiger partial charge in [-0.2, -0.15) is 4.89 Å². The van der Waals surface area contributed by atoms with Crippen LogP contribution in [-0.4, -0.2) is 21.0 Å². The summed E-state index contributed by atoms with van der Waals surface area (Å²) in [6, 6.07) is 8.21. The summed E-state index contributed by atoms with van der Waals surface area (Å²) in [4.78, 5) is 11.9. The average molecular weight is 451 g/mol. The largest absolute Gasteiger partial charge is 0.543 e. The number of rotatable bonds is 7. The van der Waals surface area contributed by atoms with E-state index in [9.17, 15) is 0 Å². The summed E-state index contributed by atoms with van der Waals surface area (Å²) in [6.07, 6.45) is 3.01. The fourth-order valence-corrected chi connectivity index (χ4v) is 5.12. The van der Waals surface area contributed by atoms with Crippen molar-refractivity contribution in [2.45, 2.75) is 111 Å². The molecule has 31 heavy (non-hydrogen) atoms. The summed E-state index contributed by atoms with van der Waals surface area (Å²) in [5.74, 6) is -0.0934. The molecule has 1 fully saturated rings. The molecule has 1 heterocycles. The van der Waals surface area contributed by atoms with E-state index in [4.69, 9.17) is 18.9 Å². The molecule has 0 spiro atoms. The molecule has 2 rings (SSSR count). The van der Waals surface area contributed by atoms with Crippen LogP contribution in [0.1, 0.15) is 87.1 Å². The first-order valence-electron chi connectivity index (χ1n) is 11.6. The van der Waals surface area contributed by atoms with E-state index >= 15 is 0 Å². The van der Waals surface area contributed by atoms with E-state index in [1.807, 2.05) is 12.1 Å². The molecule has 0 radical (unpaired) electrons. The average Bonchev–Trinajstić information content (AvgIpc) is 2.55. The van der Waals surface area contributed by atoms with E-state index in [0.717, 1.165) is 30.6 Å². The van der Waals surface area contributed by atoms with Crippen molar-refractivity contribution in [1.82, 2.24) is 0 Å². The molecule has 1 aliphatic heterocycles. The van der Waals surface area contributed by atoms with Crippen molar-refractivity contribution < 1.29 is 18.9 Å². The van der Waals surface area contributed by atoms with Crippen LogP contribution in [0.2, 0.25) is 18.1 Å². The van der Waals surface area contributed by atoms with Gasteiger partial charge in [-0.3, -0.25) is 0 Å². The van der Waals surface area contributed by atoms with Gasteiger partial charge in [0.25, 0.3) is 5.79 Å². The second-order valence-corrected chi connectivity index (χ2v) is 17.6. The first-order valence-corrected chi connectivity index (χ1v) is 14.5. The number of hydrogen-bond acceptors (Lipinski definition) is 4. The normalized spacial score (nSPS) is 25.3.